The van der Waals surface area contributed by atoms with Crippen molar-refractivity contribution in [3.8, 4) is 11.3 Å². The molecule has 3 aromatic rings. The van der Waals surface area contributed by atoms with Crippen LogP contribution >= 0.6 is 0 Å². The molecule has 162 valence electrons. The summed E-state index contributed by atoms with van der Waals surface area (Å²) in [7, 11) is 0. The molecule has 0 bridgehead atoms. The third-order valence-electron chi connectivity index (χ3n) is 6.37. The fourth-order valence-corrected chi connectivity index (χ4v) is 4.59. The van der Waals surface area contributed by atoms with Gasteiger partial charge in [0.1, 0.15) is 12.0 Å². The first-order chi connectivity index (χ1) is 15.0. The molecule has 5 rings (SSSR count). The summed E-state index contributed by atoms with van der Waals surface area (Å²) in [6.07, 6.45) is 8.19. The van der Waals surface area contributed by atoms with Crippen LogP contribution in [0.3, 0.4) is 0 Å². The number of carbonyl (C=O) groups is 1. The Hall–Kier alpha value is -2.87. The number of amides is 1. The lowest BCUT2D eigenvalue weighted by atomic mass is 9.81. The molecule has 1 N–H and O–H groups in total. The van der Waals surface area contributed by atoms with Gasteiger partial charge in [-0.05, 0) is 43.7 Å². The molecule has 31 heavy (non-hydrogen) atoms. The van der Waals surface area contributed by atoms with Gasteiger partial charge in [-0.3, -0.25) is 14.7 Å². The van der Waals surface area contributed by atoms with Crippen LogP contribution in [0.15, 0.2) is 35.1 Å². The lowest BCUT2D eigenvalue weighted by Crippen LogP contribution is -2.50. The molecule has 1 amide bonds. The minimum atomic E-state index is -0.650. The van der Waals surface area contributed by atoms with Crippen molar-refractivity contribution >= 4 is 22.6 Å². The Balaban J connectivity index is 1.21. The van der Waals surface area contributed by atoms with E-state index < -0.39 is 6.17 Å². The van der Waals surface area contributed by atoms with Crippen molar-refractivity contribution in [1.29, 1.82) is 0 Å². The highest BCUT2D eigenvalue weighted by Crippen LogP contribution is 2.31. The Kier molecular flexibility index (Phi) is 5.40. The van der Waals surface area contributed by atoms with Gasteiger partial charge in [-0.15, -0.1) is 0 Å². The fraction of sp³-hybridized carbons (Fsp3) is 0.478. The molecule has 0 atom stereocenters. The summed E-state index contributed by atoms with van der Waals surface area (Å²) in [5.41, 5.74) is 1.58. The molecule has 2 fully saturated rings. The maximum absolute atomic E-state index is 13.0. The van der Waals surface area contributed by atoms with E-state index in [0.717, 1.165) is 48.7 Å². The van der Waals surface area contributed by atoms with Gasteiger partial charge in [-0.25, -0.2) is 14.4 Å². The molecule has 1 aliphatic carbocycles. The van der Waals surface area contributed by atoms with Gasteiger partial charge in [0.25, 0.3) is 0 Å². The highest BCUT2D eigenvalue weighted by molar-refractivity contribution is 5.94. The van der Waals surface area contributed by atoms with Crippen LogP contribution in [-0.4, -0.2) is 51.6 Å². The van der Waals surface area contributed by atoms with Gasteiger partial charge >= 0.3 is 0 Å². The standard InChI is InChI=1S/C23H26FN5O2/c1-14-25-10-21(31-14)18-6-17-7-22(27-9-20(17)26-8-18)28-23(30)16-4-2-15(3-5-16)11-29-12-19(24)13-29/h6-10,15-16,19H,2-5,11-13H2,1H3,(H,27,28,30). The van der Waals surface area contributed by atoms with Gasteiger partial charge in [-0.1, -0.05) is 0 Å². The van der Waals surface area contributed by atoms with E-state index in [4.69, 9.17) is 4.42 Å². The summed E-state index contributed by atoms with van der Waals surface area (Å²) in [5.74, 6) is 2.38. The van der Waals surface area contributed by atoms with E-state index >= 15 is 0 Å². The molecule has 1 saturated carbocycles. The number of nitrogens with one attached hydrogen (secondary N) is 1. The predicted octanol–water partition coefficient (Wildman–Crippen LogP) is 3.99. The number of aryl methyl sites for hydroxylation is 1. The van der Waals surface area contributed by atoms with Gasteiger partial charge in [-0.2, -0.15) is 0 Å². The van der Waals surface area contributed by atoms with E-state index in [1.807, 2.05) is 12.1 Å². The van der Waals surface area contributed by atoms with E-state index in [9.17, 15) is 9.18 Å². The number of halogens is 1. The Labute approximate surface area is 180 Å². The largest absolute Gasteiger partial charge is 0.441 e. The Bertz CT molecular complexity index is 1090. The number of oxazole rings is 1. The number of nitrogens with zero attached hydrogens (tertiary/aromatic N) is 4. The quantitative estimate of drug-likeness (QED) is 0.668. The zero-order chi connectivity index (χ0) is 21.4. The molecule has 0 aromatic carbocycles. The first kappa shape index (κ1) is 20.1. The molecule has 1 aliphatic heterocycles. The van der Waals surface area contributed by atoms with E-state index in [1.165, 1.54) is 0 Å². The summed E-state index contributed by atoms with van der Waals surface area (Å²) in [4.78, 5) is 27.9. The number of pyridine rings is 2. The number of hydrogen-bond donors (Lipinski definition) is 1. The van der Waals surface area contributed by atoms with Crippen molar-refractivity contribution in [2.24, 2.45) is 11.8 Å². The van der Waals surface area contributed by atoms with Crippen LogP contribution in [0.25, 0.3) is 22.2 Å². The average Bonchev–Trinajstić information content (AvgIpc) is 3.19. The Morgan fingerprint density at radius 1 is 1.13 bits per heavy atom. The number of rotatable bonds is 5. The lowest BCUT2D eigenvalue weighted by Gasteiger charge is -2.38. The summed E-state index contributed by atoms with van der Waals surface area (Å²) >= 11 is 0. The Morgan fingerprint density at radius 3 is 2.65 bits per heavy atom. The van der Waals surface area contributed by atoms with Gasteiger partial charge in [0.15, 0.2) is 11.7 Å². The molecule has 4 heterocycles. The van der Waals surface area contributed by atoms with Gasteiger partial charge < -0.3 is 9.73 Å². The van der Waals surface area contributed by atoms with Crippen LogP contribution in [0.2, 0.25) is 0 Å². The van der Waals surface area contributed by atoms with E-state index in [2.05, 4.69) is 25.2 Å². The summed E-state index contributed by atoms with van der Waals surface area (Å²) < 4.78 is 18.6. The summed E-state index contributed by atoms with van der Waals surface area (Å²) in [6, 6.07) is 3.80. The normalized spacial score (nSPS) is 22.4. The second-order valence-corrected chi connectivity index (χ2v) is 8.75. The molecule has 8 heteroatoms. The van der Waals surface area contributed by atoms with Crippen LogP contribution in [-0.2, 0) is 4.79 Å². The molecule has 0 spiro atoms. The van der Waals surface area contributed by atoms with Crippen molar-refractivity contribution in [3.05, 3.63) is 36.6 Å². The molecule has 3 aromatic heterocycles. The zero-order valence-electron chi connectivity index (χ0n) is 17.6. The highest BCUT2D eigenvalue weighted by Gasteiger charge is 2.31. The number of alkyl halides is 1. The predicted molar refractivity (Wildman–Crippen MR) is 115 cm³/mol. The smallest absolute Gasteiger partial charge is 0.228 e. The van der Waals surface area contributed by atoms with Gasteiger partial charge in [0.05, 0.1) is 17.9 Å². The number of carbonyl (C=O) groups excluding carboxylic acids is 1. The van der Waals surface area contributed by atoms with Crippen LogP contribution in [0.5, 0.6) is 0 Å². The maximum Gasteiger partial charge on any atom is 0.228 e. The minimum Gasteiger partial charge on any atom is -0.441 e. The van der Waals surface area contributed by atoms with E-state index in [-0.39, 0.29) is 11.8 Å². The van der Waals surface area contributed by atoms with E-state index in [0.29, 0.717) is 36.5 Å². The number of hydrogen-bond acceptors (Lipinski definition) is 6. The van der Waals surface area contributed by atoms with Crippen molar-refractivity contribution in [2.75, 3.05) is 25.0 Å². The zero-order valence-corrected chi connectivity index (χ0v) is 17.6. The molecular weight excluding hydrogens is 397 g/mol. The number of likely N-dealkylation sites (tertiary alicyclic amines) is 1. The highest BCUT2D eigenvalue weighted by atomic mass is 19.1. The molecule has 1 saturated heterocycles. The van der Waals surface area contributed by atoms with Crippen molar-refractivity contribution < 1.29 is 13.6 Å². The van der Waals surface area contributed by atoms with Crippen LogP contribution in [0.4, 0.5) is 10.2 Å². The molecule has 7 nitrogen and oxygen atoms in total. The van der Waals surface area contributed by atoms with Crippen molar-refractivity contribution in [3.63, 3.8) is 0 Å². The lowest BCUT2D eigenvalue weighted by molar-refractivity contribution is -0.121. The van der Waals surface area contributed by atoms with Gasteiger partial charge in [0.2, 0.25) is 5.91 Å². The first-order valence-electron chi connectivity index (χ1n) is 10.9. The third kappa shape index (κ3) is 4.44. The number of aromatic nitrogens is 3. The number of fused-ring (bicyclic) bond motifs is 1. The van der Waals surface area contributed by atoms with Crippen LogP contribution in [0.1, 0.15) is 31.6 Å². The molecule has 2 aliphatic rings. The van der Waals surface area contributed by atoms with E-state index in [1.54, 1.807) is 25.5 Å². The topological polar surface area (TPSA) is 84.2 Å². The second-order valence-electron chi connectivity index (χ2n) is 8.75. The minimum absolute atomic E-state index is 0.000638. The van der Waals surface area contributed by atoms with Crippen molar-refractivity contribution in [1.82, 2.24) is 19.9 Å². The summed E-state index contributed by atoms with van der Waals surface area (Å²) in [5, 5.41) is 3.85. The van der Waals surface area contributed by atoms with Crippen molar-refractivity contribution in [2.45, 2.75) is 38.8 Å². The van der Waals surface area contributed by atoms with Crippen LogP contribution in [0, 0.1) is 18.8 Å². The summed E-state index contributed by atoms with van der Waals surface area (Å²) in [6.45, 7) is 3.90. The second kappa shape index (κ2) is 8.34. The van der Waals surface area contributed by atoms with Gasteiger partial charge in [0, 0.05) is 49.6 Å². The molecule has 0 radical (unpaired) electrons. The average molecular weight is 423 g/mol. The first-order valence-corrected chi connectivity index (χ1v) is 10.9. The fourth-order valence-electron chi connectivity index (χ4n) is 4.59. The monoisotopic (exact) mass is 423 g/mol. The van der Waals surface area contributed by atoms with Crippen LogP contribution < -0.4 is 5.32 Å². The molecular formula is C23H26FN5O2. The maximum atomic E-state index is 13.0. The SMILES string of the molecule is Cc1ncc(-c2cnc3cnc(NC(=O)C4CCC(CN5CC(F)C5)CC4)cc3c2)o1. The molecule has 0 unspecified atom stereocenters. The third-order valence-corrected chi connectivity index (χ3v) is 6.37. The number of anilines is 1. The Morgan fingerprint density at radius 2 is 1.94 bits per heavy atom.